The van der Waals surface area contributed by atoms with Gasteiger partial charge in [-0.15, -0.1) is 0 Å². The molecule has 0 fully saturated rings. The Morgan fingerprint density at radius 1 is 0.897 bits per heavy atom. The molecule has 196 valence electrons. The highest BCUT2D eigenvalue weighted by Gasteiger charge is 2.24. The van der Waals surface area contributed by atoms with Gasteiger partial charge in [0.1, 0.15) is 5.82 Å². The summed E-state index contributed by atoms with van der Waals surface area (Å²) in [6.07, 6.45) is 2.79. The first-order valence-corrected chi connectivity index (χ1v) is 12.8. The van der Waals surface area contributed by atoms with Crippen molar-refractivity contribution < 1.29 is 14.1 Å². The van der Waals surface area contributed by atoms with Crippen LogP contribution in [0.2, 0.25) is 0 Å². The molecule has 4 aromatic carbocycles. The Hall–Kier alpha value is -4.78. The summed E-state index contributed by atoms with van der Waals surface area (Å²) < 4.78 is 15.9. The van der Waals surface area contributed by atoms with Gasteiger partial charge >= 0.3 is 0 Å². The second kappa shape index (κ2) is 11.7. The van der Waals surface area contributed by atoms with E-state index in [4.69, 9.17) is 0 Å². The van der Waals surface area contributed by atoms with Crippen molar-refractivity contribution >= 4 is 22.5 Å². The molecular weight excluding hydrogens is 493 g/mol. The Morgan fingerprint density at radius 3 is 2.23 bits per heavy atom. The summed E-state index contributed by atoms with van der Waals surface area (Å²) in [5.74, 6) is -0.939. The molecule has 5 aromatic rings. The van der Waals surface area contributed by atoms with Gasteiger partial charge in [0.05, 0.1) is 4.92 Å². The lowest BCUT2D eigenvalue weighted by Gasteiger charge is -2.17. The van der Waals surface area contributed by atoms with Crippen molar-refractivity contribution in [3.63, 3.8) is 0 Å². The molecule has 1 amide bonds. The van der Waals surface area contributed by atoms with Gasteiger partial charge in [0.2, 0.25) is 5.91 Å². The Kier molecular flexibility index (Phi) is 7.78. The van der Waals surface area contributed by atoms with E-state index in [1.54, 1.807) is 24.3 Å². The first kappa shape index (κ1) is 25.9. The van der Waals surface area contributed by atoms with Gasteiger partial charge in [0.25, 0.3) is 5.69 Å². The molecular formula is C32H28FN3O3. The van der Waals surface area contributed by atoms with Gasteiger partial charge < -0.3 is 9.88 Å². The van der Waals surface area contributed by atoms with Crippen LogP contribution in [0.25, 0.3) is 10.9 Å². The Bertz CT molecular complexity index is 1580. The summed E-state index contributed by atoms with van der Waals surface area (Å²) >= 11 is 0. The molecule has 0 radical (unpaired) electrons. The van der Waals surface area contributed by atoms with Crippen molar-refractivity contribution in [2.45, 2.75) is 25.3 Å². The number of carbonyl (C=O) groups excluding carboxylic acids is 1. The molecule has 1 aromatic heterocycles. The zero-order chi connectivity index (χ0) is 27.2. The summed E-state index contributed by atoms with van der Waals surface area (Å²) in [6, 6.07) is 30.8. The number of aromatic nitrogens is 1. The molecule has 0 spiro atoms. The fraction of sp³-hybridized carbons (Fsp3) is 0.156. The predicted octanol–water partition coefficient (Wildman–Crippen LogP) is 6.62. The molecule has 5 rings (SSSR count). The van der Waals surface area contributed by atoms with Crippen LogP contribution in [-0.2, 0) is 17.8 Å². The van der Waals surface area contributed by atoms with Gasteiger partial charge in [0.15, 0.2) is 0 Å². The molecule has 0 aliphatic carbocycles. The zero-order valence-electron chi connectivity index (χ0n) is 21.3. The quantitative estimate of drug-likeness (QED) is 0.166. The number of nitrogens with zero attached hydrogens (tertiary/aromatic N) is 2. The lowest BCUT2D eigenvalue weighted by Crippen LogP contribution is -2.27. The monoisotopic (exact) mass is 521 g/mol. The number of fused-ring (bicyclic) bond motifs is 1. The smallest absolute Gasteiger partial charge is 0.270 e. The molecule has 1 heterocycles. The van der Waals surface area contributed by atoms with Crippen LogP contribution < -0.4 is 5.32 Å². The lowest BCUT2D eigenvalue weighted by molar-refractivity contribution is -0.384. The van der Waals surface area contributed by atoms with E-state index in [0.717, 1.165) is 27.8 Å². The number of rotatable bonds is 10. The van der Waals surface area contributed by atoms with Gasteiger partial charge in [-0.3, -0.25) is 14.9 Å². The van der Waals surface area contributed by atoms with Gasteiger partial charge in [-0.1, -0.05) is 72.8 Å². The number of hydrogen-bond donors (Lipinski definition) is 1. The predicted molar refractivity (Wildman–Crippen MR) is 150 cm³/mol. The number of carbonyl (C=O) groups is 1. The number of nitro groups is 1. The third-order valence-electron chi connectivity index (χ3n) is 6.92. The minimum Gasteiger partial charge on any atom is -0.356 e. The second-order valence-electron chi connectivity index (χ2n) is 9.55. The van der Waals surface area contributed by atoms with Crippen LogP contribution in [0.15, 0.2) is 109 Å². The van der Waals surface area contributed by atoms with Crippen molar-refractivity contribution in [1.29, 1.82) is 0 Å². The second-order valence-corrected chi connectivity index (χ2v) is 9.55. The Morgan fingerprint density at radius 2 is 1.56 bits per heavy atom. The zero-order valence-corrected chi connectivity index (χ0v) is 21.3. The normalized spacial score (nSPS) is 11.8. The van der Waals surface area contributed by atoms with Crippen LogP contribution in [0, 0.1) is 15.9 Å². The molecule has 0 unspecified atom stereocenters. The first-order chi connectivity index (χ1) is 19.0. The Balaban J connectivity index is 1.51. The molecule has 0 aliphatic heterocycles. The number of benzene rings is 4. The molecule has 6 nitrogen and oxygen atoms in total. The maximum atomic E-state index is 13.8. The van der Waals surface area contributed by atoms with Gasteiger partial charge in [-0.05, 0) is 46.9 Å². The topological polar surface area (TPSA) is 77.2 Å². The molecule has 39 heavy (non-hydrogen) atoms. The van der Waals surface area contributed by atoms with E-state index >= 15 is 0 Å². The number of halogens is 1. The maximum absolute atomic E-state index is 13.8. The number of nitrogens with one attached hydrogen (secondary N) is 1. The molecule has 0 aliphatic rings. The van der Waals surface area contributed by atoms with Crippen molar-refractivity contribution in [3.05, 3.63) is 148 Å². The van der Waals surface area contributed by atoms with Crippen LogP contribution in [0.5, 0.6) is 0 Å². The highest BCUT2D eigenvalue weighted by Crippen LogP contribution is 2.37. The van der Waals surface area contributed by atoms with E-state index in [0.29, 0.717) is 24.9 Å². The average molecular weight is 522 g/mol. The van der Waals surface area contributed by atoms with Gasteiger partial charge in [-0.25, -0.2) is 4.39 Å². The van der Waals surface area contributed by atoms with Gasteiger partial charge in [0, 0.05) is 54.7 Å². The van der Waals surface area contributed by atoms with E-state index < -0.39 is 10.8 Å². The fourth-order valence-corrected chi connectivity index (χ4v) is 4.97. The molecule has 1 atom stereocenters. The first-order valence-electron chi connectivity index (χ1n) is 12.8. The van der Waals surface area contributed by atoms with E-state index in [1.807, 2.05) is 71.4 Å². The van der Waals surface area contributed by atoms with Crippen molar-refractivity contribution in [2.24, 2.45) is 0 Å². The van der Waals surface area contributed by atoms with Crippen molar-refractivity contribution in [1.82, 2.24) is 9.88 Å². The highest BCUT2D eigenvalue weighted by molar-refractivity contribution is 5.88. The average Bonchev–Trinajstić information content (AvgIpc) is 3.30. The number of amides is 1. The minimum atomic E-state index is -0.427. The van der Waals surface area contributed by atoms with Gasteiger partial charge in [-0.2, -0.15) is 0 Å². The van der Waals surface area contributed by atoms with Crippen LogP contribution in [0.1, 0.15) is 34.6 Å². The van der Waals surface area contributed by atoms with E-state index in [-0.39, 0.29) is 23.8 Å². The molecule has 0 bridgehead atoms. The third-order valence-corrected chi connectivity index (χ3v) is 6.92. The van der Waals surface area contributed by atoms with E-state index in [9.17, 15) is 19.3 Å². The molecule has 1 N–H and O–H groups in total. The minimum absolute atomic E-state index is 0.0219. The van der Waals surface area contributed by atoms with Crippen LogP contribution in [0.4, 0.5) is 10.1 Å². The van der Waals surface area contributed by atoms with Crippen molar-refractivity contribution in [3.8, 4) is 0 Å². The molecule has 0 saturated carbocycles. The fourth-order valence-electron chi connectivity index (χ4n) is 4.97. The third kappa shape index (κ3) is 6.21. The summed E-state index contributed by atoms with van der Waals surface area (Å²) in [6.45, 7) is 1.05. The van der Waals surface area contributed by atoms with E-state index in [2.05, 4.69) is 5.32 Å². The lowest BCUT2D eigenvalue weighted by atomic mass is 9.88. The number of non-ortho nitro benzene ring substituents is 1. The number of nitro benzene ring substituents is 1. The maximum Gasteiger partial charge on any atom is 0.270 e. The summed E-state index contributed by atoms with van der Waals surface area (Å²) in [5.41, 5.74) is 4.57. The van der Waals surface area contributed by atoms with E-state index in [1.165, 1.54) is 18.2 Å². The van der Waals surface area contributed by atoms with Crippen LogP contribution in [0.3, 0.4) is 0 Å². The summed E-state index contributed by atoms with van der Waals surface area (Å²) in [7, 11) is 0. The molecule has 7 heteroatoms. The highest BCUT2D eigenvalue weighted by atomic mass is 19.1. The Labute approximate surface area is 225 Å². The SMILES string of the molecule is O=C(C[C@@H](c1ccc(F)cc1)c1cn(Cc2ccccc2)c2ccc([N+](=O)[O-])cc12)NCCc1ccccc1. The largest absolute Gasteiger partial charge is 0.356 e. The summed E-state index contributed by atoms with van der Waals surface area (Å²) in [4.78, 5) is 24.4. The molecule has 0 saturated heterocycles. The van der Waals surface area contributed by atoms with Crippen LogP contribution >= 0.6 is 0 Å². The standard InChI is InChI=1S/C32H28FN3O3/c33-26-13-11-25(12-14-26)28(20-32(37)34-18-17-23-7-3-1-4-8-23)30-22-35(21-24-9-5-2-6-10-24)31-16-15-27(36(38)39)19-29(30)31/h1-16,19,22,28H,17-18,20-21H2,(H,34,37)/t28-/m0/s1. The summed E-state index contributed by atoms with van der Waals surface area (Å²) in [5, 5.41) is 15.3. The van der Waals surface area contributed by atoms with Crippen molar-refractivity contribution in [2.75, 3.05) is 6.54 Å². The number of hydrogen-bond acceptors (Lipinski definition) is 3. The van der Waals surface area contributed by atoms with Crippen LogP contribution in [-0.4, -0.2) is 21.9 Å².